The van der Waals surface area contributed by atoms with Gasteiger partial charge in [0.15, 0.2) is 0 Å². The molecule has 0 heterocycles. The van der Waals surface area contributed by atoms with E-state index in [2.05, 4.69) is 21.2 Å². The smallest absolute Gasteiger partial charge is 0.247 e. The number of nitrogens with one attached hydrogen (secondary N) is 1. The Morgan fingerprint density at radius 3 is 2.45 bits per heavy atom. The molecule has 1 aliphatic rings. The van der Waals surface area contributed by atoms with E-state index in [-0.39, 0.29) is 30.3 Å². The van der Waals surface area contributed by atoms with Crippen molar-refractivity contribution in [3.05, 3.63) is 69.2 Å². The summed E-state index contributed by atoms with van der Waals surface area (Å²) >= 11 is 15.4. The number of carbonyl (C=O) groups is 2. The Hall–Kier alpha value is -1.56. The first-order valence-electron chi connectivity index (χ1n) is 9.63. The SMILES string of the molecule is O=C(NC1CCCC1)[C@@H](c1cccc(Br)c1)N(Cc1ccc(Cl)cc1)C(=O)CCl. The average Bonchev–Trinajstić information content (AvgIpc) is 3.21. The number of nitrogens with zero attached hydrogens (tertiary/aromatic N) is 1. The van der Waals surface area contributed by atoms with Gasteiger partial charge >= 0.3 is 0 Å². The van der Waals surface area contributed by atoms with Crippen molar-refractivity contribution in [1.82, 2.24) is 10.2 Å². The van der Waals surface area contributed by atoms with Crippen molar-refractivity contribution in [2.45, 2.75) is 44.3 Å². The summed E-state index contributed by atoms with van der Waals surface area (Å²) in [5.41, 5.74) is 1.61. The number of amides is 2. The topological polar surface area (TPSA) is 49.4 Å². The minimum absolute atomic E-state index is 0.153. The van der Waals surface area contributed by atoms with Crippen molar-refractivity contribution < 1.29 is 9.59 Å². The van der Waals surface area contributed by atoms with E-state index in [1.54, 1.807) is 17.0 Å². The first-order chi connectivity index (χ1) is 14.0. The zero-order chi connectivity index (χ0) is 20.8. The van der Waals surface area contributed by atoms with Gasteiger partial charge in [0.05, 0.1) is 0 Å². The first kappa shape index (κ1) is 22.1. The molecule has 0 bridgehead atoms. The van der Waals surface area contributed by atoms with E-state index in [0.717, 1.165) is 41.3 Å². The van der Waals surface area contributed by atoms with E-state index in [1.807, 2.05) is 36.4 Å². The van der Waals surface area contributed by atoms with Gasteiger partial charge < -0.3 is 10.2 Å². The van der Waals surface area contributed by atoms with Crippen LogP contribution in [0.4, 0.5) is 0 Å². The second-order valence-corrected chi connectivity index (χ2v) is 8.85. The van der Waals surface area contributed by atoms with Gasteiger partial charge in [0.25, 0.3) is 0 Å². The number of hydrogen-bond acceptors (Lipinski definition) is 2. The third kappa shape index (κ3) is 5.97. The monoisotopic (exact) mass is 496 g/mol. The molecule has 0 unspecified atom stereocenters. The maximum atomic E-state index is 13.3. The molecule has 29 heavy (non-hydrogen) atoms. The highest BCUT2D eigenvalue weighted by Gasteiger charge is 2.33. The molecule has 4 nitrogen and oxygen atoms in total. The Kier molecular flexibility index (Phi) is 7.99. The predicted molar refractivity (Wildman–Crippen MR) is 120 cm³/mol. The van der Waals surface area contributed by atoms with Gasteiger partial charge in [0.2, 0.25) is 11.8 Å². The third-order valence-corrected chi connectivity index (χ3v) is 6.10. The summed E-state index contributed by atoms with van der Waals surface area (Å²) in [4.78, 5) is 27.7. The lowest BCUT2D eigenvalue weighted by Crippen LogP contribution is -2.46. The highest BCUT2D eigenvalue weighted by molar-refractivity contribution is 9.10. The first-order valence-corrected chi connectivity index (χ1v) is 11.3. The number of alkyl halides is 1. The standard InChI is InChI=1S/C22H23BrCl2N2O2/c23-17-5-3-4-16(12-17)21(22(29)26-19-6-1-2-7-19)27(20(28)13-24)14-15-8-10-18(25)11-9-15/h3-5,8-12,19,21H,1-2,6-7,13-14H2,(H,26,29)/t21-/m1/s1. The summed E-state index contributed by atoms with van der Waals surface area (Å²) in [6, 6.07) is 14.1. The van der Waals surface area contributed by atoms with Crippen LogP contribution in [0, 0.1) is 0 Å². The zero-order valence-corrected chi connectivity index (χ0v) is 19.0. The third-order valence-electron chi connectivity index (χ3n) is 5.13. The fourth-order valence-electron chi connectivity index (χ4n) is 3.69. The number of benzene rings is 2. The molecule has 3 rings (SSSR count). The van der Waals surface area contributed by atoms with Crippen LogP contribution < -0.4 is 5.32 Å². The maximum absolute atomic E-state index is 13.3. The molecule has 0 spiro atoms. The lowest BCUT2D eigenvalue weighted by molar-refractivity contribution is -0.140. The summed E-state index contributed by atoms with van der Waals surface area (Å²) < 4.78 is 0.846. The molecule has 1 saturated carbocycles. The largest absolute Gasteiger partial charge is 0.351 e. The molecule has 0 aromatic heterocycles. The summed E-state index contributed by atoms with van der Waals surface area (Å²) in [6.07, 6.45) is 4.17. The quantitative estimate of drug-likeness (QED) is 0.515. The van der Waals surface area contributed by atoms with Crippen LogP contribution in [0.5, 0.6) is 0 Å². The summed E-state index contributed by atoms with van der Waals surface area (Å²) in [5.74, 6) is -0.676. The fourth-order valence-corrected chi connectivity index (χ4v) is 4.38. The summed E-state index contributed by atoms with van der Waals surface area (Å²) in [5, 5.41) is 3.76. The lowest BCUT2D eigenvalue weighted by Gasteiger charge is -2.32. The van der Waals surface area contributed by atoms with Crippen LogP contribution in [0.2, 0.25) is 5.02 Å². The van der Waals surface area contributed by atoms with Crippen molar-refractivity contribution >= 4 is 50.9 Å². The summed E-state index contributed by atoms with van der Waals surface area (Å²) in [6.45, 7) is 0.262. The van der Waals surface area contributed by atoms with Crippen LogP contribution in [-0.2, 0) is 16.1 Å². The molecular weight excluding hydrogens is 475 g/mol. The van der Waals surface area contributed by atoms with E-state index in [9.17, 15) is 9.59 Å². The van der Waals surface area contributed by atoms with E-state index in [0.29, 0.717) is 5.02 Å². The van der Waals surface area contributed by atoms with Crippen LogP contribution in [0.3, 0.4) is 0 Å². The van der Waals surface area contributed by atoms with Crippen molar-refractivity contribution in [3.63, 3.8) is 0 Å². The Balaban J connectivity index is 1.95. The van der Waals surface area contributed by atoms with Crippen LogP contribution in [0.15, 0.2) is 53.0 Å². The lowest BCUT2D eigenvalue weighted by atomic mass is 10.0. The molecule has 0 aliphatic heterocycles. The van der Waals surface area contributed by atoms with Gasteiger partial charge in [-0.05, 0) is 48.2 Å². The van der Waals surface area contributed by atoms with Crippen LogP contribution >= 0.6 is 39.1 Å². The van der Waals surface area contributed by atoms with Gasteiger partial charge in [-0.1, -0.05) is 64.6 Å². The van der Waals surface area contributed by atoms with E-state index < -0.39 is 6.04 Å². The molecule has 2 aromatic carbocycles. The Morgan fingerprint density at radius 2 is 1.83 bits per heavy atom. The molecular formula is C22H23BrCl2N2O2. The number of hydrogen-bond donors (Lipinski definition) is 1. The van der Waals surface area contributed by atoms with Gasteiger partial charge in [-0.3, -0.25) is 9.59 Å². The normalized spacial score (nSPS) is 15.1. The molecule has 1 fully saturated rings. The molecule has 0 saturated heterocycles. The van der Waals surface area contributed by atoms with Gasteiger partial charge in [0.1, 0.15) is 11.9 Å². The molecule has 0 radical (unpaired) electrons. The summed E-state index contributed by atoms with van der Waals surface area (Å²) in [7, 11) is 0. The van der Waals surface area contributed by atoms with Gasteiger partial charge in [-0.2, -0.15) is 0 Å². The average molecular weight is 498 g/mol. The van der Waals surface area contributed by atoms with Crippen molar-refractivity contribution in [2.75, 3.05) is 5.88 Å². The second kappa shape index (κ2) is 10.5. The van der Waals surface area contributed by atoms with Gasteiger partial charge in [0, 0.05) is 22.1 Å². The van der Waals surface area contributed by atoms with Gasteiger partial charge in [-0.25, -0.2) is 0 Å². The van der Waals surface area contributed by atoms with E-state index in [1.165, 1.54) is 0 Å². The Bertz CT molecular complexity index is 854. The number of rotatable bonds is 7. The molecule has 1 aliphatic carbocycles. The maximum Gasteiger partial charge on any atom is 0.247 e. The van der Waals surface area contributed by atoms with E-state index in [4.69, 9.17) is 23.2 Å². The van der Waals surface area contributed by atoms with Crippen molar-refractivity contribution in [3.8, 4) is 0 Å². The number of halogens is 3. The fraction of sp³-hybridized carbons (Fsp3) is 0.364. The molecule has 154 valence electrons. The van der Waals surface area contributed by atoms with Crippen LogP contribution in [-0.4, -0.2) is 28.6 Å². The van der Waals surface area contributed by atoms with Crippen molar-refractivity contribution in [2.24, 2.45) is 0 Å². The Morgan fingerprint density at radius 1 is 1.14 bits per heavy atom. The zero-order valence-electron chi connectivity index (χ0n) is 15.9. The molecule has 2 amide bonds. The molecule has 2 aromatic rings. The minimum atomic E-state index is -0.768. The number of carbonyl (C=O) groups excluding carboxylic acids is 2. The van der Waals surface area contributed by atoms with Gasteiger partial charge in [-0.15, -0.1) is 11.6 Å². The second-order valence-electron chi connectivity index (χ2n) is 7.23. The molecule has 1 N–H and O–H groups in total. The molecule has 1 atom stereocenters. The van der Waals surface area contributed by atoms with Crippen LogP contribution in [0.25, 0.3) is 0 Å². The van der Waals surface area contributed by atoms with E-state index >= 15 is 0 Å². The van der Waals surface area contributed by atoms with Crippen LogP contribution in [0.1, 0.15) is 42.9 Å². The van der Waals surface area contributed by atoms with Crippen molar-refractivity contribution in [1.29, 1.82) is 0 Å². The predicted octanol–water partition coefficient (Wildman–Crippen LogP) is 5.47. The highest BCUT2D eigenvalue weighted by atomic mass is 79.9. The Labute approximate surface area is 189 Å². The molecule has 7 heteroatoms. The minimum Gasteiger partial charge on any atom is -0.351 e. The highest BCUT2D eigenvalue weighted by Crippen LogP contribution is 2.28.